The number of hydrogen-bond acceptors (Lipinski definition) is 6. The zero-order valence-electron chi connectivity index (χ0n) is 20.7. The standard InChI is InChI=1S/C28H31ClN4O3S/c29-21-8-10-22(11-9-21)36-18-26(34)33-16-12-20(13-17-33)28-31-24(19-37-28)27(35)30-23-6-2-3-7-25(23)32-14-4-1-5-15-32/h2-3,6-11,19-20H,1,4-5,12-18H2,(H,30,35). The molecule has 9 heteroatoms. The first-order chi connectivity index (χ1) is 18.1. The van der Waals surface area contributed by atoms with Crippen LogP contribution in [0.1, 0.15) is 53.5 Å². The number of nitrogens with one attached hydrogen (secondary N) is 1. The minimum absolute atomic E-state index is 0.00672. The van der Waals surface area contributed by atoms with E-state index in [0.29, 0.717) is 29.6 Å². The van der Waals surface area contributed by atoms with E-state index in [4.69, 9.17) is 16.3 Å². The van der Waals surface area contributed by atoms with Gasteiger partial charge in [0.15, 0.2) is 6.61 Å². The number of rotatable bonds is 7. The van der Waals surface area contributed by atoms with Gasteiger partial charge in [-0.3, -0.25) is 9.59 Å². The first-order valence-corrected chi connectivity index (χ1v) is 14.1. The molecule has 0 bridgehead atoms. The van der Waals surface area contributed by atoms with Gasteiger partial charge in [-0.2, -0.15) is 0 Å². The molecule has 2 aromatic carbocycles. The first-order valence-electron chi connectivity index (χ1n) is 12.8. The second kappa shape index (κ2) is 12.0. The van der Waals surface area contributed by atoms with Crippen molar-refractivity contribution >= 4 is 46.1 Å². The Morgan fingerprint density at radius 1 is 1.00 bits per heavy atom. The highest BCUT2D eigenvalue weighted by Gasteiger charge is 2.27. The monoisotopic (exact) mass is 538 g/mol. The summed E-state index contributed by atoms with van der Waals surface area (Å²) in [5.41, 5.74) is 2.35. The van der Waals surface area contributed by atoms with Crippen LogP contribution >= 0.6 is 22.9 Å². The molecule has 1 aromatic heterocycles. The molecule has 3 heterocycles. The van der Waals surface area contributed by atoms with Crippen molar-refractivity contribution in [2.75, 3.05) is 43.0 Å². The molecule has 2 saturated heterocycles. The van der Waals surface area contributed by atoms with Crippen LogP contribution in [-0.4, -0.2) is 54.5 Å². The Morgan fingerprint density at radius 2 is 1.73 bits per heavy atom. The van der Waals surface area contributed by atoms with Gasteiger partial charge in [0.05, 0.1) is 16.4 Å². The van der Waals surface area contributed by atoms with E-state index in [2.05, 4.69) is 21.3 Å². The SMILES string of the molecule is O=C(Nc1ccccc1N1CCCCC1)c1csc(C2CCN(C(=O)COc3ccc(Cl)cc3)CC2)n1. The Balaban J connectivity index is 1.13. The van der Waals surface area contributed by atoms with Crippen molar-refractivity contribution in [3.8, 4) is 5.75 Å². The predicted molar refractivity (Wildman–Crippen MR) is 148 cm³/mol. The molecule has 7 nitrogen and oxygen atoms in total. The van der Waals surface area contributed by atoms with Crippen LogP contribution < -0.4 is 15.0 Å². The van der Waals surface area contributed by atoms with Crippen molar-refractivity contribution in [2.45, 2.75) is 38.0 Å². The van der Waals surface area contributed by atoms with E-state index in [9.17, 15) is 9.59 Å². The normalized spacial score (nSPS) is 16.5. The van der Waals surface area contributed by atoms with Gasteiger partial charge in [-0.1, -0.05) is 23.7 Å². The van der Waals surface area contributed by atoms with Crippen LogP contribution in [0.3, 0.4) is 0 Å². The van der Waals surface area contributed by atoms with Crippen molar-refractivity contribution in [3.05, 3.63) is 69.6 Å². The van der Waals surface area contributed by atoms with Gasteiger partial charge >= 0.3 is 0 Å². The number of thiazole rings is 1. The van der Waals surface area contributed by atoms with Gasteiger partial charge < -0.3 is 19.9 Å². The molecule has 0 spiro atoms. The molecule has 5 rings (SSSR count). The lowest BCUT2D eigenvalue weighted by Crippen LogP contribution is -2.40. The van der Waals surface area contributed by atoms with E-state index < -0.39 is 0 Å². The molecule has 2 aliphatic heterocycles. The lowest BCUT2D eigenvalue weighted by Gasteiger charge is -2.31. The predicted octanol–water partition coefficient (Wildman–Crippen LogP) is 5.82. The van der Waals surface area contributed by atoms with Gasteiger partial charge in [0.25, 0.3) is 11.8 Å². The lowest BCUT2D eigenvalue weighted by molar-refractivity contribution is -0.134. The number of halogens is 1. The van der Waals surface area contributed by atoms with Crippen LogP contribution in [0.25, 0.3) is 0 Å². The summed E-state index contributed by atoms with van der Waals surface area (Å²) in [6.45, 7) is 3.34. The second-order valence-corrected chi connectivity index (χ2v) is 10.8. The Hall–Kier alpha value is -3.10. The quantitative estimate of drug-likeness (QED) is 0.410. The summed E-state index contributed by atoms with van der Waals surface area (Å²) < 4.78 is 5.61. The van der Waals surface area contributed by atoms with Crippen molar-refractivity contribution in [1.82, 2.24) is 9.88 Å². The molecule has 2 aliphatic rings. The average molecular weight is 539 g/mol. The summed E-state index contributed by atoms with van der Waals surface area (Å²) >= 11 is 7.42. The van der Waals surface area contributed by atoms with Crippen LogP contribution in [-0.2, 0) is 4.79 Å². The molecule has 1 N–H and O–H groups in total. The Bertz CT molecular complexity index is 1220. The minimum Gasteiger partial charge on any atom is -0.484 e. The van der Waals surface area contributed by atoms with Crippen molar-refractivity contribution < 1.29 is 14.3 Å². The molecular weight excluding hydrogens is 508 g/mol. The molecule has 2 amide bonds. The van der Waals surface area contributed by atoms with Crippen LogP contribution in [0.15, 0.2) is 53.9 Å². The first kappa shape index (κ1) is 25.5. The summed E-state index contributed by atoms with van der Waals surface area (Å²) in [5.74, 6) is 0.659. The van der Waals surface area contributed by atoms with Gasteiger partial charge in [-0.05, 0) is 68.5 Å². The van der Waals surface area contributed by atoms with Crippen molar-refractivity contribution in [3.63, 3.8) is 0 Å². The van der Waals surface area contributed by atoms with E-state index in [-0.39, 0.29) is 24.3 Å². The summed E-state index contributed by atoms with van der Waals surface area (Å²) in [7, 11) is 0. The minimum atomic E-state index is -0.182. The third-order valence-corrected chi connectivity index (χ3v) is 8.24. The van der Waals surface area contributed by atoms with Gasteiger partial charge in [0.1, 0.15) is 11.4 Å². The summed E-state index contributed by atoms with van der Waals surface area (Å²) in [6.07, 6.45) is 5.25. The number of nitrogens with zero attached hydrogens (tertiary/aromatic N) is 3. The average Bonchev–Trinajstić information content (AvgIpc) is 3.44. The smallest absolute Gasteiger partial charge is 0.275 e. The lowest BCUT2D eigenvalue weighted by atomic mass is 9.97. The summed E-state index contributed by atoms with van der Waals surface area (Å²) in [6, 6.07) is 15.0. The van der Waals surface area contributed by atoms with Gasteiger partial charge in [0.2, 0.25) is 0 Å². The topological polar surface area (TPSA) is 74.8 Å². The molecular formula is C28H31ClN4O3S. The number of aromatic nitrogens is 1. The van der Waals surface area contributed by atoms with E-state index in [0.717, 1.165) is 42.3 Å². The molecule has 0 radical (unpaired) electrons. The molecule has 0 aliphatic carbocycles. The fraction of sp³-hybridized carbons (Fsp3) is 0.393. The number of ether oxygens (including phenoxy) is 1. The van der Waals surface area contributed by atoms with Crippen LogP contribution in [0.2, 0.25) is 5.02 Å². The van der Waals surface area contributed by atoms with Crippen LogP contribution in [0, 0.1) is 0 Å². The fourth-order valence-electron chi connectivity index (χ4n) is 4.90. The summed E-state index contributed by atoms with van der Waals surface area (Å²) in [5, 5.41) is 6.51. The third kappa shape index (κ3) is 6.43. The Labute approximate surface area is 226 Å². The Kier molecular flexibility index (Phi) is 8.26. The Morgan fingerprint density at radius 3 is 2.49 bits per heavy atom. The number of para-hydroxylation sites is 2. The maximum absolute atomic E-state index is 13.0. The van der Waals surface area contributed by atoms with Gasteiger partial charge in [0, 0.05) is 42.5 Å². The van der Waals surface area contributed by atoms with Crippen LogP contribution in [0.4, 0.5) is 11.4 Å². The van der Waals surface area contributed by atoms with E-state index >= 15 is 0 Å². The number of carbonyl (C=O) groups excluding carboxylic acids is 2. The van der Waals surface area contributed by atoms with Crippen molar-refractivity contribution in [1.29, 1.82) is 0 Å². The van der Waals surface area contributed by atoms with Crippen LogP contribution in [0.5, 0.6) is 5.75 Å². The second-order valence-electron chi connectivity index (χ2n) is 9.49. The van der Waals surface area contributed by atoms with E-state index in [1.54, 1.807) is 24.3 Å². The number of likely N-dealkylation sites (tertiary alicyclic amines) is 1. The summed E-state index contributed by atoms with van der Waals surface area (Å²) in [4.78, 5) is 34.5. The van der Waals surface area contributed by atoms with E-state index in [1.165, 1.54) is 30.6 Å². The third-order valence-electron chi connectivity index (χ3n) is 6.98. The molecule has 0 saturated carbocycles. The largest absolute Gasteiger partial charge is 0.484 e. The highest BCUT2D eigenvalue weighted by Crippen LogP contribution is 2.32. The van der Waals surface area contributed by atoms with Gasteiger partial charge in [-0.25, -0.2) is 4.98 Å². The van der Waals surface area contributed by atoms with Crippen molar-refractivity contribution in [2.24, 2.45) is 0 Å². The number of amides is 2. The molecule has 2 fully saturated rings. The fourth-order valence-corrected chi connectivity index (χ4v) is 6.00. The highest BCUT2D eigenvalue weighted by molar-refractivity contribution is 7.10. The highest BCUT2D eigenvalue weighted by atomic mass is 35.5. The maximum atomic E-state index is 13.0. The molecule has 37 heavy (non-hydrogen) atoms. The molecule has 3 aromatic rings. The van der Waals surface area contributed by atoms with E-state index in [1.807, 2.05) is 28.5 Å². The number of piperidine rings is 2. The van der Waals surface area contributed by atoms with Gasteiger partial charge in [-0.15, -0.1) is 11.3 Å². The molecule has 194 valence electrons. The maximum Gasteiger partial charge on any atom is 0.275 e. The number of carbonyl (C=O) groups is 2. The number of benzene rings is 2. The number of hydrogen-bond donors (Lipinski definition) is 1. The zero-order chi connectivity index (χ0) is 25.6. The number of anilines is 2. The molecule has 0 unspecified atom stereocenters. The zero-order valence-corrected chi connectivity index (χ0v) is 22.3. The molecule has 0 atom stereocenters.